The number of nitrogens with one attached hydrogen (secondary N) is 1. The summed E-state index contributed by atoms with van der Waals surface area (Å²) in [5.41, 5.74) is 0.419. The first-order valence-electron chi connectivity index (χ1n) is 10.3. The van der Waals surface area contributed by atoms with E-state index in [1.807, 2.05) is 24.3 Å². The summed E-state index contributed by atoms with van der Waals surface area (Å²) in [7, 11) is 1.56. The number of hydrogen-bond donors (Lipinski definition) is 1. The number of aromatic amines is 1. The molecule has 0 amide bonds. The zero-order chi connectivity index (χ0) is 24.5. The van der Waals surface area contributed by atoms with Crippen molar-refractivity contribution in [2.45, 2.75) is 25.6 Å². The maximum Gasteiger partial charge on any atom is 0.416 e. The number of hydrogen-bond acceptors (Lipinski definition) is 4. The fraction of sp³-hybridized carbons (Fsp3) is 0.208. The van der Waals surface area contributed by atoms with Crippen molar-refractivity contribution in [3.05, 3.63) is 99.6 Å². The lowest BCUT2D eigenvalue weighted by Crippen LogP contribution is -2.12. The number of alkyl halides is 3. The van der Waals surface area contributed by atoms with Crippen LogP contribution in [-0.2, 0) is 12.6 Å². The number of rotatable bonds is 6. The monoisotopic (exact) mass is 472 g/mol. The van der Waals surface area contributed by atoms with Crippen molar-refractivity contribution in [2.24, 2.45) is 0 Å². The molecule has 0 unspecified atom stereocenters. The number of ether oxygens (including phenoxy) is 1. The highest BCUT2D eigenvalue weighted by Crippen LogP contribution is 2.32. The van der Waals surface area contributed by atoms with E-state index in [-0.39, 0.29) is 11.1 Å². The molecule has 0 radical (unpaired) electrons. The smallest absolute Gasteiger partial charge is 0.416 e. The Balaban J connectivity index is 1.60. The molecule has 0 saturated heterocycles. The Morgan fingerprint density at radius 2 is 1.94 bits per heavy atom. The highest BCUT2D eigenvalue weighted by molar-refractivity contribution is 5.56. The zero-order valence-corrected chi connectivity index (χ0v) is 18.2. The van der Waals surface area contributed by atoms with Crippen molar-refractivity contribution in [2.75, 3.05) is 7.11 Å². The summed E-state index contributed by atoms with van der Waals surface area (Å²) in [5.74, 6) is 0.140. The molecule has 0 spiro atoms. The molecule has 2 heterocycles. The highest BCUT2D eigenvalue weighted by atomic mass is 19.4. The van der Waals surface area contributed by atoms with Gasteiger partial charge in [0.1, 0.15) is 17.4 Å². The molecule has 2 aromatic carbocycles. The maximum atomic E-state index is 14.4. The van der Waals surface area contributed by atoms with Gasteiger partial charge < -0.3 is 9.72 Å². The second-order valence-corrected chi connectivity index (χ2v) is 7.72. The third kappa shape index (κ3) is 5.00. The van der Waals surface area contributed by atoms with Gasteiger partial charge in [0.2, 0.25) is 0 Å². The molecule has 176 valence electrons. The van der Waals surface area contributed by atoms with Gasteiger partial charge in [-0.15, -0.1) is 0 Å². The minimum absolute atomic E-state index is 0.0558. The van der Waals surface area contributed by atoms with Crippen LogP contribution in [-0.4, -0.2) is 26.9 Å². The fourth-order valence-corrected chi connectivity index (χ4v) is 3.58. The van der Waals surface area contributed by atoms with E-state index < -0.39 is 23.6 Å². The second kappa shape index (κ2) is 9.12. The predicted molar refractivity (Wildman–Crippen MR) is 117 cm³/mol. The molecule has 6 nitrogen and oxygen atoms in total. The Labute approximate surface area is 191 Å². The molecule has 0 aliphatic carbocycles. The summed E-state index contributed by atoms with van der Waals surface area (Å²) in [6, 6.07) is 10.4. The van der Waals surface area contributed by atoms with Crippen molar-refractivity contribution >= 4 is 0 Å². The molecular weight excluding hydrogens is 452 g/mol. The molecule has 0 aliphatic rings. The van der Waals surface area contributed by atoms with Crippen molar-refractivity contribution < 1.29 is 22.3 Å². The minimum Gasteiger partial charge on any atom is -0.497 e. The summed E-state index contributed by atoms with van der Waals surface area (Å²) in [6.45, 7) is 1.61. The van der Waals surface area contributed by atoms with Crippen molar-refractivity contribution in [3.8, 4) is 17.0 Å². The van der Waals surface area contributed by atoms with E-state index in [9.17, 15) is 22.4 Å². The molecule has 0 aliphatic heterocycles. The lowest BCUT2D eigenvalue weighted by molar-refractivity contribution is -0.137. The maximum absolute atomic E-state index is 14.4. The quantitative estimate of drug-likeness (QED) is 0.401. The van der Waals surface area contributed by atoms with Crippen LogP contribution < -0.4 is 10.3 Å². The normalized spacial score (nSPS) is 12.5. The number of halogens is 4. The summed E-state index contributed by atoms with van der Waals surface area (Å²) in [4.78, 5) is 19.4. The van der Waals surface area contributed by atoms with Gasteiger partial charge in [-0.2, -0.15) is 18.3 Å². The van der Waals surface area contributed by atoms with Crippen molar-refractivity contribution in [1.29, 1.82) is 0 Å². The van der Waals surface area contributed by atoms with Gasteiger partial charge in [0.25, 0.3) is 5.56 Å². The molecule has 4 aromatic rings. The third-order valence-corrected chi connectivity index (χ3v) is 5.37. The summed E-state index contributed by atoms with van der Waals surface area (Å²) >= 11 is 0. The molecule has 0 fully saturated rings. The van der Waals surface area contributed by atoms with Crippen LogP contribution in [0.1, 0.15) is 35.5 Å². The summed E-state index contributed by atoms with van der Waals surface area (Å²) in [5, 5.41) is 4.21. The van der Waals surface area contributed by atoms with Crippen molar-refractivity contribution in [3.63, 3.8) is 0 Å². The molecule has 1 N–H and O–H groups in total. The lowest BCUT2D eigenvalue weighted by Gasteiger charge is -2.15. The van der Waals surface area contributed by atoms with Gasteiger partial charge in [-0.1, -0.05) is 18.2 Å². The predicted octanol–water partition coefficient (Wildman–Crippen LogP) is 5.00. The van der Waals surface area contributed by atoms with Crippen LogP contribution in [0, 0.1) is 5.82 Å². The average molecular weight is 472 g/mol. The van der Waals surface area contributed by atoms with E-state index in [1.165, 1.54) is 16.9 Å². The van der Waals surface area contributed by atoms with Crippen LogP contribution in [0.25, 0.3) is 11.3 Å². The van der Waals surface area contributed by atoms with Gasteiger partial charge in [0, 0.05) is 29.8 Å². The Kier molecular flexibility index (Phi) is 6.23. The largest absolute Gasteiger partial charge is 0.497 e. The molecule has 34 heavy (non-hydrogen) atoms. The summed E-state index contributed by atoms with van der Waals surface area (Å²) in [6.07, 6.45) is -1.23. The molecule has 10 heteroatoms. The van der Waals surface area contributed by atoms with Gasteiger partial charge in [-0.05, 0) is 36.8 Å². The molecular formula is C24H20F4N4O2. The first-order chi connectivity index (χ1) is 16.1. The first-order valence-corrected chi connectivity index (χ1v) is 10.3. The average Bonchev–Trinajstić information content (AvgIpc) is 3.28. The van der Waals surface area contributed by atoms with Crippen LogP contribution in [0.15, 0.2) is 65.7 Å². The first kappa shape index (κ1) is 23.2. The molecule has 2 aromatic heterocycles. The lowest BCUT2D eigenvalue weighted by atomic mass is 10.0. The van der Waals surface area contributed by atoms with Gasteiger partial charge in [0.05, 0.1) is 30.6 Å². The number of nitrogens with zero attached hydrogens (tertiary/aromatic N) is 3. The Hall–Kier alpha value is -3.95. The van der Waals surface area contributed by atoms with Crippen LogP contribution in [0.5, 0.6) is 5.75 Å². The molecule has 0 bridgehead atoms. The zero-order valence-electron chi connectivity index (χ0n) is 18.2. The Bertz CT molecular complexity index is 1380. The van der Waals surface area contributed by atoms with E-state index >= 15 is 0 Å². The van der Waals surface area contributed by atoms with Gasteiger partial charge >= 0.3 is 6.18 Å². The number of aromatic nitrogens is 4. The topological polar surface area (TPSA) is 72.8 Å². The van der Waals surface area contributed by atoms with E-state index in [4.69, 9.17) is 4.74 Å². The van der Waals surface area contributed by atoms with Gasteiger partial charge in [0.15, 0.2) is 0 Å². The van der Waals surface area contributed by atoms with Crippen LogP contribution in [0.4, 0.5) is 17.6 Å². The number of H-pyrrole nitrogens is 1. The number of methoxy groups -OCH3 is 1. The van der Waals surface area contributed by atoms with Crippen LogP contribution in [0.3, 0.4) is 0 Å². The molecule has 1 atom stereocenters. The van der Waals surface area contributed by atoms with E-state index in [0.717, 1.165) is 17.7 Å². The SMILES string of the molecule is COc1cccc(Cc2nc(-c3cnn([C@H](C)c4ccc(C(F)(F)F)cc4F)c3)cc(=O)[nH]2)c1. The minimum atomic E-state index is -4.63. The van der Waals surface area contributed by atoms with Gasteiger partial charge in [-0.3, -0.25) is 9.48 Å². The van der Waals surface area contributed by atoms with E-state index in [0.29, 0.717) is 35.3 Å². The van der Waals surface area contributed by atoms with Crippen LogP contribution >= 0.6 is 0 Å². The third-order valence-electron chi connectivity index (χ3n) is 5.37. The summed E-state index contributed by atoms with van der Waals surface area (Å²) < 4.78 is 59.5. The Morgan fingerprint density at radius 3 is 2.65 bits per heavy atom. The van der Waals surface area contributed by atoms with Crippen LogP contribution in [0.2, 0.25) is 0 Å². The van der Waals surface area contributed by atoms with Crippen molar-refractivity contribution in [1.82, 2.24) is 19.7 Å². The Morgan fingerprint density at radius 1 is 1.15 bits per heavy atom. The molecule has 4 rings (SSSR count). The van der Waals surface area contributed by atoms with Gasteiger partial charge in [-0.25, -0.2) is 9.37 Å². The second-order valence-electron chi connectivity index (χ2n) is 7.72. The van der Waals surface area contributed by atoms with E-state index in [1.54, 1.807) is 20.2 Å². The number of benzene rings is 2. The highest BCUT2D eigenvalue weighted by Gasteiger charge is 2.31. The standard InChI is InChI=1S/C24H20F4N4O2/c1-14(19-7-6-17(10-20(19)25)24(26,27)28)32-13-16(12-29-32)21-11-23(33)31-22(30-21)9-15-4-3-5-18(8-15)34-2/h3-8,10-14H,9H2,1-2H3,(H,30,31,33)/t14-/m1/s1. The van der Waals surface area contributed by atoms with E-state index in [2.05, 4.69) is 15.1 Å². The fourth-order valence-electron chi connectivity index (χ4n) is 3.58. The molecule has 0 saturated carbocycles.